The van der Waals surface area contributed by atoms with Gasteiger partial charge < -0.3 is 4.89 Å². The van der Waals surface area contributed by atoms with E-state index in [1.807, 2.05) is 0 Å². The molecule has 0 aromatic rings. The minimum absolute atomic E-state index is 0.118. The van der Waals surface area contributed by atoms with Crippen LogP contribution < -0.4 is 0 Å². The molecular weight excluding hydrogens is 403 g/mol. The molecule has 1 N–H and O–H groups in total. The van der Waals surface area contributed by atoms with Gasteiger partial charge in [0.2, 0.25) is 11.3 Å². The number of nitrogens with zero attached hydrogens (tertiary/aromatic N) is 4. The molecule has 13 heteroatoms. The number of likely N-dealkylation sites (N-methyl/N-ethyl adjacent to an activating group) is 1. The third-order valence-electron chi connectivity index (χ3n) is 3.36. The van der Waals surface area contributed by atoms with E-state index in [9.17, 15) is 19.0 Å². The molecule has 2 unspecified atom stereocenters. The molecule has 2 atom stereocenters. The van der Waals surface area contributed by atoms with E-state index in [0.717, 1.165) is 23.8 Å². The van der Waals surface area contributed by atoms with Gasteiger partial charge >= 0.3 is 7.82 Å². The lowest BCUT2D eigenvalue weighted by atomic mass is 10.2. The molecule has 0 aromatic heterocycles. The van der Waals surface area contributed by atoms with Gasteiger partial charge in [0.15, 0.2) is 10.3 Å². The van der Waals surface area contributed by atoms with Crippen molar-refractivity contribution in [2.75, 3.05) is 20.7 Å². The predicted octanol–water partition coefficient (Wildman–Crippen LogP) is 1.45. The molecule has 2 fully saturated rings. The second-order valence-corrected chi connectivity index (χ2v) is 9.82. The van der Waals surface area contributed by atoms with Crippen molar-refractivity contribution in [3.8, 4) is 0 Å². The molecule has 10 nitrogen and oxygen atoms in total. The topological polar surface area (TPSA) is 121 Å². The first-order chi connectivity index (χ1) is 12.0. The quantitative estimate of drug-likeness (QED) is 0.388. The minimum Gasteiger partial charge on any atom is -0.302 e. The SMILES string of the molecule is C=CCN1C(=O)C(C)(C)SC1=NN=C1SC(OP(=O)(O)OC)C(=O)N1C. The molecule has 26 heavy (non-hydrogen) atoms. The maximum atomic E-state index is 12.3. The van der Waals surface area contributed by atoms with Crippen LogP contribution in [0, 0.1) is 0 Å². The van der Waals surface area contributed by atoms with Gasteiger partial charge in [-0.25, -0.2) is 4.57 Å². The predicted molar refractivity (Wildman–Crippen MR) is 101 cm³/mol. The molecule has 2 aliphatic rings. The Balaban J connectivity index is 2.22. The highest BCUT2D eigenvalue weighted by Crippen LogP contribution is 2.47. The summed E-state index contributed by atoms with van der Waals surface area (Å²) in [6, 6.07) is 0. The third kappa shape index (κ3) is 4.38. The molecule has 0 aromatic carbocycles. The summed E-state index contributed by atoms with van der Waals surface area (Å²) < 4.78 is 19.9. The van der Waals surface area contributed by atoms with E-state index in [4.69, 9.17) is 4.52 Å². The van der Waals surface area contributed by atoms with Crippen molar-refractivity contribution in [1.29, 1.82) is 0 Å². The first-order valence-corrected chi connectivity index (χ1v) is 10.5. The van der Waals surface area contributed by atoms with Crippen LogP contribution in [-0.4, -0.2) is 67.7 Å². The van der Waals surface area contributed by atoms with Gasteiger partial charge in [0.25, 0.3) is 5.91 Å². The standard InChI is InChI=1S/C13H19N4O6PS2/c1-6-7-17-10(19)13(2,3)26-12(17)15-14-11-16(4)8(18)9(25-11)23-24(20,21)22-5/h6,9H,1,7H2,2-5H3,(H,20,21). The van der Waals surface area contributed by atoms with Crippen LogP contribution in [0.5, 0.6) is 0 Å². The van der Waals surface area contributed by atoms with E-state index in [0.29, 0.717) is 5.17 Å². The minimum atomic E-state index is -4.32. The van der Waals surface area contributed by atoms with E-state index in [2.05, 4.69) is 21.3 Å². The fraction of sp³-hybridized carbons (Fsp3) is 0.538. The van der Waals surface area contributed by atoms with E-state index in [1.165, 1.54) is 23.7 Å². The van der Waals surface area contributed by atoms with Crippen LogP contribution >= 0.6 is 31.3 Å². The van der Waals surface area contributed by atoms with Gasteiger partial charge in [0.1, 0.15) is 0 Å². The fourth-order valence-electron chi connectivity index (χ4n) is 1.99. The zero-order chi connectivity index (χ0) is 19.7. The second kappa shape index (κ2) is 7.83. The van der Waals surface area contributed by atoms with Crippen LogP contribution in [0.4, 0.5) is 0 Å². The van der Waals surface area contributed by atoms with Crippen LogP contribution in [0.3, 0.4) is 0 Å². The third-order valence-corrected chi connectivity index (χ3v) is 6.69. The van der Waals surface area contributed by atoms with Crippen LogP contribution in [0.15, 0.2) is 22.9 Å². The molecule has 0 spiro atoms. The lowest BCUT2D eigenvalue weighted by Crippen LogP contribution is -2.36. The van der Waals surface area contributed by atoms with Crippen molar-refractivity contribution in [2.24, 2.45) is 10.2 Å². The fourth-order valence-corrected chi connectivity index (χ4v) is 4.69. The maximum Gasteiger partial charge on any atom is 0.473 e. The number of hydrogen-bond donors (Lipinski definition) is 1. The Kier molecular flexibility index (Phi) is 6.36. The normalized spacial score (nSPS) is 28.3. The van der Waals surface area contributed by atoms with Gasteiger partial charge in [0.05, 0.1) is 4.75 Å². The number of amidine groups is 2. The van der Waals surface area contributed by atoms with Gasteiger partial charge in [-0.15, -0.1) is 16.8 Å². The number of phosphoric ester groups is 1. The molecule has 2 saturated heterocycles. The van der Waals surface area contributed by atoms with Crippen LogP contribution in [-0.2, 0) is 23.2 Å². The molecule has 0 radical (unpaired) electrons. The highest BCUT2D eigenvalue weighted by molar-refractivity contribution is 8.16. The summed E-state index contributed by atoms with van der Waals surface area (Å²) >= 11 is 2.07. The van der Waals surface area contributed by atoms with E-state index in [-0.39, 0.29) is 17.6 Å². The summed E-state index contributed by atoms with van der Waals surface area (Å²) in [7, 11) is -1.89. The summed E-state index contributed by atoms with van der Waals surface area (Å²) in [6.45, 7) is 7.46. The number of phosphoric acid groups is 1. The lowest BCUT2D eigenvalue weighted by molar-refractivity contribution is -0.130. The summed E-state index contributed by atoms with van der Waals surface area (Å²) in [5.74, 6) is -0.689. The Morgan fingerprint density at radius 1 is 1.38 bits per heavy atom. The smallest absolute Gasteiger partial charge is 0.302 e. The van der Waals surface area contributed by atoms with E-state index >= 15 is 0 Å². The molecular formula is C13H19N4O6PS2. The van der Waals surface area contributed by atoms with E-state index in [1.54, 1.807) is 19.9 Å². The molecule has 144 valence electrons. The van der Waals surface area contributed by atoms with Crippen molar-refractivity contribution < 1.29 is 28.1 Å². The average molecular weight is 422 g/mol. The van der Waals surface area contributed by atoms with Gasteiger partial charge in [-0.05, 0) is 25.6 Å². The monoisotopic (exact) mass is 422 g/mol. The molecule has 0 aliphatic carbocycles. The largest absolute Gasteiger partial charge is 0.473 e. The summed E-state index contributed by atoms with van der Waals surface area (Å²) in [6.07, 6.45) is 1.58. The Labute approximate surface area is 159 Å². The summed E-state index contributed by atoms with van der Waals surface area (Å²) in [5.41, 5.74) is -1.27. The summed E-state index contributed by atoms with van der Waals surface area (Å²) in [5, 5.41) is 8.63. The number of thioether (sulfide) groups is 2. The number of amides is 2. The molecule has 2 amide bonds. The zero-order valence-electron chi connectivity index (χ0n) is 14.6. The average Bonchev–Trinajstić information content (AvgIpc) is 2.95. The Morgan fingerprint density at radius 3 is 2.58 bits per heavy atom. The van der Waals surface area contributed by atoms with Crippen LogP contribution in [0.25, 0.3) is 0 Å². The Bertz CT molecular complexity index is 740. The number of hydrogen-bond acceptors (Lipinski definition) is 9. The first-order valence-electron chi connectivity index (χ1n) is 7.31. The zero-order valence-corrected chi connectivity index (χ0v) is 17.1. The maximum absolute atomic E-state index is 12.3. The van der Waals surface area contributed by atoms with Gasteiger partial charge in [-0.2, -0.15) is 0 Å². The van der Waals surface area contributed by atoms with Gasteiger partial charge in [0, 0.05) is 20.7 Å². The first kappa shape index (κ1) is 21.1. The Hall–Kier alpha value is -1.17. The molecule has 0 bridgehead atoms. The number of carbonyl (C=O) groups excluding carboxylic acids is 2. The number of carbonyl (C=O) groups is 2. The summed E-state index contributed by atoms with van der Waals surface area (Å²) in [4.78, 5) is 36.4. The second-order valence-electron chi connectivity index (χ2n) is 5.69. The van der Waals surface area contributed by atoms with Gasteiger partial charge in [-0.1, -0.05) is 17.8 Å². The van der Waals surface area contributed by atoms with E-state index < -0.39 is 23.9 Å². The van der Waals surface area contributed by atoms with Crippen molar-refractivity contribution in [2.45, 2.75) is 24.0 Å². The van der Waals surface area contributed by atoms with Crippen molar-refractivity contribution in [1.82, 2.24) is 9.80 Å². The highest BCUT2D eigenvalue weighted by Gasteiger charge is 2.45. The lowest BCUT2D eigenvalue weighted by Gasteiger charge is -2.15. The van der Waals surface area contributed by atoms with Crippen LogP contribution in [0.2, 0.25) is 0 Å². The van der Waals surface area contributed by atoms with Gasteiger partial charge in [-0.3, -0.25) is 28.4 Å². The molecule has 2 heterocycles. The van der Waals surface area contributed by atoms with Crippen LogP contribution in [0.1, 0.15) is 13.8 Å². The van der Waals surface area contributed by atoms with Crippen molar-refractivity contribution >= 4 is 53.5 Å². The molecule has 2 aliphatic heterocycles. The van der Waals surface area contributed by atoms with Crippen molar-refractivity contribution in [3.63, 3.8) is 0 Å². The van der Waals surface area contributed by atoms with Crippen molar-refractivity contribution in [3.05, 3.63) is 12.7 Å². The number of rotatable bonds is 6. The Morgan fingerprint density at radius 2 is 2.00 bits per heavy atom. The highest BCUT2D eigenvalue weighted by atomic mass is 32.2. The molecule has 0 saturated carbocycles. The molecule has 2 rings (SSSR count).